The van der Waals surface area contributed by atoms with Crippen LogP contribution in [0, 0.1) is 10.1 Å². The molecule has 5 rings (SSSR count). The van der Waals surface area contributed by atoms with E-state index in [4.69, 9.17) is 5.73 Å². The van der Waals surface area contributed by atoms with Gasteiger partial charge in [-0.05, 0) is 40.2 Å². The van der Waals surface area contributed by atoms with E-state index in [9.17, 15) is 14.9 Å². The van der Waals surface area contributed by atoms with E-state index in [0.29, 0.717) is 0 Å². The summed E-state index contributed by atoms with van der Waals surface area (Å²) >= 11 is 0. The van der Waals surface area contributed by atoms with Crippen LogP contribution in [0.4, 0.5) is 11.4 Å². The number of H-pyrrole nitrogens is 1. The normalized spacial score (nSPS) is 11.1. The Balaban J connectivity index is 0.000000182. The molecule has 0 fully saturated rings. The molecule has 0 amide bonds. The van der Waals surface area contributed by atoms with Crippen molar-refractivity contribution in [2.45, 2.75) is 52.4 Å². The summed E-state index contributed by atoms with van der Waals surface area (Å²) in [6.07, 6.45) is 0.867. The number of nitrogens with two attached hydrogens (primary N) is 1. The second-order valence-electron chi connectivity index (χ2n) is 11.7. The number of benzene rings is 4. The van der Waals surface area contributed by atoms with Crippen molar-refractivity contribution in [3.63, 3.8) is 0 Å². The number of nitro benzene ring substituents is 1. The van der Waals surface area contributed by atoms with Crippen LogP contribution in [-0.2, 0) is 10.8 Å². The summed E-state index contributed by atoms with van der Waals surface area (Å²) in [7, 11) is 0. The first-order valence-electron chi connectivity index (χ1n) is 13.4. The van der Waals surface area contributed by atoms with Gasteiger partial charge in [0.15, 0.2) is 0 Å². The molecule has 0 radical (unpaired) electrons. The van der Waals surface area contributed by atoms with Crippen molar-refractivity contribution < 1.29 is 9.72 Å². The summed E-state index contributed by atoms with van der Waals surface area (Å²) in [5, 5.41) is 10.1. The van der Waals surface area contributed by atoms with E-state index < -0.39 is 4.92 Å². The molecule has 7 nitrogen and oxygen atoms in total. The lowest BCUT2D eigenvalue weighted by atomic mass is 9.87. The number of para-hydroxylation sites is 4. The highest BCUT2D eigenvalue weighted by Crippen LogP contribution is 2.26. The van der Waals surface area contributed by atoms with E-state index in [1.807, 2.05) is 42.5 Å². The molecule has 0 bridgehead atoms. The number of nitrogen functional groups attached to an aromatic ring is 1. The molecular weight excluding hydrogens is 512 g/mol. The monoisotopic (exact) mass is 550 g/mol. The van der Waals surface area contributed by atoms with Crippen molar-refractivity contribution in [1.29, 1.82) is 0 Å². The number of aldehydes is 1. The molecule has 0 spiro atoms. The lowest BCUT2D eigenvalue weighted by Gasteiger charge is -2.18. The number of rotatable bonds is 3. The number of imidazole rings is 1. The second kappa shape index (κ2) is 13.0. The van der Waals surface area contributed by atoms with Gasteiger partial charge in [-0.3, -0.25) is 14.9 Å². The average molecular weight is 551 g/mol. The fourth-order valence-electron chi connectivity index (χ4n) is 3.93. The zero-order valence-electron chi connectivity index (χ0n) is 24.5. The van der Waals surface area contributed by atoms with Gasteiger partial charge in [0.25, 0.3) is 5.69 Å². The van der Waals surface area contributed by atoms with Crippen molar-refractivity contribution in [3.05, 3.63) is 124 Å². The summed E-state index contributed by atoms with van der Waals surface area (Å²) in [4.78, 5) is 28.0. The first kappa shape index (κ1) is 30.8. The number of anilines is 1. The Labute approximate surface area is 241 Å². The van der Waals surface area contributed by atoms with Gasteiger partial charge in [-0.25, -0.2) is 4.98 Å². The molecular formula is C34H38N4O3. The summed E-state index contributed by atoms with van der Waals surface area (Å²) in [6.45, 7) is 13.1. The summed E-state index contributed by atoms with van der Waals surface area (Å²) < 4.78 is 0. The van der Waals surface area contributed by atoms with Gasteiger partial charge < -0.3 is 10.7 Å². The third kappa shape index (κ3) is 8.60. The molecule has 0 aliphatic heterocycles. The van der Waals surface area contributed by atoms with Crippen molar-refractivity contribution >= 4 is 28.7 Å². The van der Waals surface area contributed by atoms with E-state index in [1.54, 1.807) is 12.1 Å². The van der Waals surface area contributed by atoms with Crippen LogP contribution < -0.4 is 5.73 Å². The lowest BCUT2D eigenvalue weighted by molar-refractivity contribution is -0.383. The highest BCUT2D eigenvalue weighted by atomic mass is 16.6. The molecule has 1 heterocycles. The van der Waals surface area contributed by atoms with E-state index >= 15 is 0 Å². The molecule has 0 aliphatic carbocycles. The maximum atomic E-state index is 10.4. The Kier molecular flexibility index (Phi) is 9.79. The summed E-state index contributed by atoms with van der Waals surface area (Å²) in [5.74, 6) is 0.932. The molecule has 212 valence electrons. The molecule has 4 aromatic carbocycles. The summed E-state index contributed by atoms with van der Waals surface area (Å²) in [5.41, 5.74) is 12.4. The molecule has 41 heavy (non-hydrogen) atoms. The number of hydrogen-bond acceptors (Lipinski definition) is 5. The van der Waals surface area contributed by atoms with Gasteiger partial charge in [0.05, 0.1) is 16.0 Å². The number of fused-ring (bicyclic) bond motifs is 1. The standard InChI is InChI=1S/C17H18N2.C11H14O.C6H6N2O2/c1-17(2,3)13-10-8-12(9-11-13)16-18-14-6-4-5-7-15(14)19-16;1-11(2,3)10-6-4-9(8-12)5-7-10;7-5-3-1-2-4-6(5)8(9)10/h4-11H,1-3H3,(H,18,19);4-8H,1-3H3;1-4H,7H2. The van der Waals surface area contributed by atoms with E-state index in [1.165, 1.54) is 23.3 Å². The highest BCUT2D eigenvalue weighted by molar-refractivity contribution is 5.79. The van der Waals surface area contributed by atoms with Crippen molar-refractivity contribution in [3.8, 4) is 11.4 Å². The van der Waals surface area contributed by atoms with Gasteiger partial charge in [-0.15, -0.1) is 0 Å². The minimum atomic E-state index is -0.505. The first-order valence-corrected chi connectivity index (χ1v) is 13.4. The van der Waals surface area contributed by atoms with Gasteiger partial charge >= 0.3 is 0 Å². The third-order valence-corrected chi connectivity index (χ3v) is 6.46. The van der Waals surface area contributed by atoms with Crippen LogP contribution >= 0.6 is 0 Å². The first-order chi connectivity index (χ1) is 19.3. The number of nitrogens with one attached hydrogen (secondary N) is 1. The minimum absolute atomic E-state index is 0.0394. The van der Waals surface area contributed by atoms with Crippen LogP contribution in [0.1, 0.15) is 63.0 Å². The Bertz CT molecular complexity index is 1560. The second-order valence-corrected chi connectivity index (χ2v) is 11.7. The number of nitro groups is 1. The highest BCUT2D eigenvalue weighted by Gasteiger charge is 2.14. The maximum absolute atomic E-state index is 10.4. The van der Waals surface area contributed by atoms with Crippen molar-refractivity contribution in [1.82, 2.24) is 9.97 Å². The predicted octanol–water partition coefficient (Wildman–Crippen LogP) is 8.50. The zero-order chi connectivity index (χ0) is 30.2. The third-order valence-electron chi connectivity index (χ3n) is 6.46. The number of aromatic amines is 1. The van der Waals surface area contributed by atoms with Crippen molar-refractivity contribution in [2.75, 3.05) is 5.73 Å². The fourth-order valence-corrected chi connectivity index (χ4v) is 3.93. The summed E-state index contributed by atoms with van der Waals surface area (Å²) in [6, 6.07) is 30.6. The number of nitrogens with zero attached hydrogens (tertiary/aromatic N) is 2. The van der Waals surface area contributed by atoms with E-state index in [0.717, 1.165) is 34.3 Å². The van der Waals surface area contributed by atoms with Crippen LogP contribution in [0.15, 0.2) is 97.1 Å². The molecule has 0 atom stereocenters. The fraction of sp³-hybridized carbons (Fsp3) is 0.235. The molecule has 0 aliphatic rings. The SMILES string of the molecule is CC(C)(C)c1ccc(-c2nc3ccccc3[nH]2)cc1.CC(C)(C)c1ccc(C=O)cc1.Nc1ccccc1[N+](=O)[O-]. The molecule has 3 N–H and O–H groups in total. The Morgan fingerprint density at radius 3 is 1.73 bits per heavy atom. The largest absolute Gasteiger partial charge is 0.393 e. The molecule has 0 saturated carbocycles. The number of hydrogen-bond donors (Lipinski definition) is 2. The quantitative estimate of drug-likeness (QED) is 0.101. The topological polar surface area (TPSA) is 115 Å². The van der Waals surface area contributed by atoms with Crippen LogP contribution in [0.2, 0.25) is 0 Å². The van der Waals surface area contributed by atoms with Crippen molar-refractivity contribution in [2.24, 2.45) is 0 Å². The Hall–Kier alpha value is -4.78. The lowest BCUT2D eigenvalue weighted by Crippen LogP contribution is -2.10. The molecule has 5 aromatic rings. The van der Waals surface area contributed by atoms with Crippen LogP contribution in [-0.4, -0.2) is 21.2 Å². The van der Waals surface area contributed by atoms with Gasteiger partial charge in [0, 0.05) is 17.2 Å². The molecule has 0 saturated heterocycles. The molecule has 0 unspecified atom stereocenters. The Morgan fingerprint density at radius 1 is 0.756 bits per heavy atom. The average Bonchev–Trinajstić information content (AvgIpc) is 3.38. The number of carbonyl (C=O) groups excluding carboxylic acids is 1. The van der Waals surface area contributed by atoms with E-state index in [2.05, 4.69) is 81.8 Å². The predicted molar refractivity (Wildman–Crippen MR) is 168 cm³/mol. The Morgan fingerprint density at radius 2 is 1.27 bits per heavy atom. The minimum Gasteiger partial charge on any atom is -0.393 e. The van der Waals surface area contributed by atoms with E-state index in [-0.39, 0.29) is 22.2 Å². The molecule has 7 heteroatoms. The van der Waals surface area contributed by atoms with Gasteiger partial charge in [0.2, 0.25) is 0 Å². The number of carbonyl (C=O) groups is 1. The molecule has 1 aromatic heterocycles. The van der Waals surface area contributed by atoms with Crippen LogP contribution in [0.25, 0.3) is 22.4 Å². The smallest absolute Gasteiger partial charge is 0.292 e. The van der Waals surface area contributed by atoms with Crippen LogP contribution in [0.3, 0.4) is 0 Å². The van der Waals surface area contributed by atoms with Gasteiger partial charge in [-0.1, -0.05) is 114 Å². The zero-order valence-corrected chi connectivity index (χ0v) is 24.5. The van der Waals surface area contributed by atoms with Crippen LogP contribution in [0.5, 0.6) is 0 Å². The number of aromatic nitrogens is 2. The maximum Gasteiger partial charge on any atom is 0.292 e. The van der Waals surface area contributed by atoms with Gasteiger partial charge in [-0.2, -0.15) is 0 Å². The van der Waals surface area contributed by atoms with Gasteiger partial charge in [0.1, 0.15) is 17.8 Å².